The maximum Gasteiger partial charge on any atom is 0.274 e. The highest BCUT2D eigenvalue weighted by Gasteiger charge is 2.12. The highest BCUT2D eigenvalue weighted by molar-refractivity contribution is 6.32. The Morgan fingerprint density at radius 2 is 1.83 bits per heavy atom. The SMILES string of the molecule is COc1cc(OC)c(OC)cc1C=NNC(=O)c1cccnc1Cl. The molecule has 1 aromatic carbocycles. The Morgan fingerprint density at radius 1 is 1.17 bits per heavy atom. The molecular formula is C16H16ClN3O4. The Hall–Kier alpha value is -2.80. The number of pyridine rings is 1. The summed E-state index contributed by atoms with van der Waals surface area (Å²) in [7, 11) is 4.58. The van der Waals surface area contributed by atoms with E-state index in [4.69, 9.17) is 25.8 Å². The van der Waals surface area contributed by atoms with Crippen LogP contribution in [-0.2, 0) is 0 Å². The van der Waals surface area contributed by atoms with Gasteiger partial charge in [-0.25, -0.2) is 10.4 Å². The zero-order chi connectivity index (χ0) is 17.5. The molecule has 2 rings (SSSR count). The molecule has 7 nitrogen and oxygen atoms in total. The molecule has 1 N–H and O–H groups in total. The first kappa shape index (κ1) is 17.6. The Balaban J connectivity index is 2.19. The Kier molecular flexibility index (Phi) is 5.97. The van der Waals surface area contributed by atoms with Crippen LogP contribution in [0.2, 0.25) is 5.15 Å². The van der Waals surface area contributed by atoms with Gasteiger partial charge in [-0.1, -0.05) is 11.6 Å². The number of rotatable bonds is 6. The molecule has 0 aliphatic carbocycles. The average Bonchev–Trinajstić information content (AvgIpc) is 2.61. The van der Waals surface area contributed by atoms with E-state index in [-0.39, 0.29) is 10.7 Å². The molecule has 0 spiro atoms. The lowest BCUT2D eigenvalue weighted by atomic mass is 10.2. The van der Waals surface area contributed by atoms with Gasteiger partial charge < -0.3 is 14.2 Å². The number of carbonyl (C=O) groups excluding carboxylic acids is 1. The van der Waals surface area contributed by atoms with Gasteiger partial charge in [0.15, 0.2) is 11.5 Å². The van der Waals surface area contributed by atoms with Crippen molar-refractivity contribution in [3.63, 3.8) is 0 Å². The van der Waals surface area contributed by atoms with Crippen molar-refractivity contribution in [1.82, 2.24) is 10.4 Å². The largest absolute Gasteiger partial charge is 0.496 e. The molecule has 0 unspecified atom stereocenters. The first-order valence-corrected chi connectivity index (χ1v) is 7.22. The van der Waals surface area contributed by atoms with Gasteiger partial charge >= 0.3 is 0 Å². The second-order valence-electron chi connectivity index (χ2n) is 4.49. The number of amides is 1. The lowest BCUT2D eigenvalue weighted by Gasteiger charge is -2.11. The number of aromatic nitrogens is 1. The van der Waals surface area contributed by atoms with Crippen molar-refractivity contribution >= 4 is 23.7 Å². The van der Waals surface area contributed by atoms with Gasteiger partial charge in [0, 0.05) is 17.8 Å². The first-order chi connectivity index (χ1) is 11.6. The Bertz CT molecular complexity index is 765. The highest BCUT2D eigenvalue weighted by atomic mass is 35.5. The zero-order valence-corrected chi connectivity index (χ0v) is 14.1. The van der Waals surface area contributed by atoms with Crippen LogP contribution in [0, 0.1) is 0 Å². The van der Waals surface area contributed by atoms with E-state index in [0.29, 0.717) is 22.8 Å². The summed E-state index contributed by atoms with van der Waals surface area (Å²) in [6.45, 7) is 0. The van der Waals surface area contributed by atoms with Crippen molar-refractivity contribution in [2.24, 2.45) is 5.10 Å². The van der Waals surface area contributed by atoms with Crippen molar-refractivity contribution in [3.05, 3.63) is 46.7 Å². The molecular weight excluding hydrogens is 334 g/mol. The molecule has 0 aliphatic heterocycles. The van der Waals surface area contributed by atoms with Gasteiger partial charge in [-0.05, 0) is 18.2 Å². The van der Waals surface area contributed by atoms with E-state index < -0.39 is 5.91 Å². The number of nitrogens with one attached hydrogen (secondary N) is 1. The molecule has 0 saturated heterocycles. The Labute approximate surface area is 144 Å². The van der Waals surface area contributed by atoms with Crippen LogP contribution in [0.4, 0.5) is 0 Å². The van der Waals surface area contributed by atoms with E-state index in [2.05, 4.69) is 15.5 Å². The summed E-state index contributed by atoms with van der Waals surface area (Å²) in [6, 6.07) is 6.52. The van der Waals surface area contributed by atoms with Gasteiger partial charge in [-0.3, -0.25) is 4.79 Å². The monoisotopic (exact) mass is 349 g/mol. The van der Waals surface area contributed by atoms with Crippen LogP contribution in [0.5, 0.6) is 17.2 Å². The number of hydrogen-bond donors (Lipinski definition) is 1. The fourth-order valence-electron chi connectivity index (χ4n) is 1.93. The minimum Gasteiger partial charge on any atom is -0.496 e. The lowest BCUT2D eigenvalue weighted by Crippen LogP contribution is -2.18. The van der Waals surface area contributed by atoms with Crippen molar-refractivity contribution in [1.29, 1.82) is 0 Å². The van der Waals surface area contributed by atoms with Crippen molar-refractivity contribution in [2.45, 2.75) is 0 Å². The number of ether oxygens (including phenoxy) is 3. The number of hydrazone groups is 1. The third-order valence-corrected chi connectivity index (χ3v) is 3.41. The van der Waals surface area contributed by atoms with E-state index in [9.17, 15) is 4.79 Å². The molecule has 1 amide bonds. The van der Waals surface area contributed by atoms with E-state index in [1.54, 1.807) is 24.3 Å². The van der Waals surface area contributed by atoms with E-state index in [1.807, 2.05) is 0 Å². The van der Waals surface area contributed by atoms with Crippen LogP contribution in [0.25, 0.3) is 0 Å². The minimum atomic E-state index is -0.469. The maximum atomic E-state index is 12.0. The van der Waals surface area contributed by atoms with E-state index in [1.165, 1.54) is 33.7 Å². The number of benzene rings is 1. The quantitative estimate of drug-likeness (QED) is 0.492. The topological polar surface area (TPSA) is 82.0 Å². The van der Waals surface area contributed by atoms with Crippen LogP contribution in [0.1, 0.15) is 15.9 Å². The summed E-state index contributed by atoms with van der Waals surface area (Å²) in [6.07, 6.45) is 2.93. The molecule has 0 fully saturated rings. The second kappa shape index (κ2) is 8.16. The summed E-state index contributed by atoms with van der Waals surface area (Å²) in [5.41, 5.74) is 3.22. The number of hydrogen-bond acceptors (Lipinski definition) is 6. The average molecular weight is 350 g/mol. The van der Waals surface area contributed by atoms with Gasteiger partial charge in [0.1, 0.15) is 10.9 Å². The summed E-state index contributed by atoms with van der Waals surface area (Å²) in [5, 5.41) is 4.02. The molecule has 0 aliphatic rings. The molecule has 0 atom stereocenters. The van der Waals surface area contributed by atoms with Gasteiger partial charge in [0.25, 0.3) is 5.91 Å². The van der Waals surface area contributed by atoms with Gasteiger partial charge in [0.05, 0.1) is 33.1 Å². The molecule has 8 heteroatoms. The number of methoxy groups -OCH3 is 3. The zero-order valence-electron chi connectivity index (χ0n) is 13.4. The molecule has 2 aromatic rings. The van der Waals surface area contributed by atoms with E-state index in [0.717, 1.165) is 0 Å². The minimum absolute atomic E-state index is 0.105. The van der Waals surface area contributed by atoms with Crippen LogP contribution in [0.3, 0.4) is 0 Å². The third-order valence-electron chi connectivity index (χ3n) is 3.11. The van der Waals surface area contributed by atoms with Crippen molar-refractivity contribution in [2.75, 3.05) is 21.3 Å². The predicted molar refractivity (Wildman–Crippen MR) is 90.4 cm³/mol. The summed E-state index contributed by atoms with van der Waals surface area (Å²) in [5.74, 6) is 1.09. The van der Waals surface area contributed by atoms with Crippen LogP contribution in [0.15, 0.2) is 35.6 Å². The lowest BCUT2D eigenvalue weighted by molar-refractivity contribution is 0.0955. The van der Waals surface area contributed by atoms with Gasteiger partial charge in [-0.15, -0.1) is 0 Å². The molecule has 0 saturated carbocycles. The fraction of sp³-hybridized carbons (Fsp3) is 0.188. The number of halogens is 1. The van der Waals surface area contributed by atoms with E-state index >= 15 is 0 Å². The van der Waals surface area contributed by atoms with Gasteiger partial charge in [0.2, 0.25) is 0 Å². The molecule has 126 valence electrons. The van der Waals surface area contributed by atoms with Crippen molar-refractivity contribution < 1.29 is 19.0 Å². The second-order valence-corrected chi connectivity index (χ2v) is 4.85. The molecule has 1 aromatic heterocycles. The first-order valence-electron chi connectivity index (χ1n) is 6.84. The van der Waals surface area contributed by atoms with Crippen LogP contribution in [-0.4, -0.2) is 38.4 Å². The van der Waals surface area contributed by atoms with Crippen LogP contribution >= 0.6 is 11.6 Å². The normalized spacial score (nSPS) is 10.5. The summed E-state index contributed by atoms with van der Waals surface area (Å²) in [4.78, 5) is 15.8. The molecule has 1 heterocycles. The molecule has 0 radical (unpaired) electrons. The highest BCUT2D eigenvalue weighted by Crippen LogP contribution is 2.33. The maximum absolute atomic E-state index is 12.0. The number of nitrogens with zero attached hydrogens (tertiary/aromatic N) is 2. The number of carbonyl (C=O) groups is 1. The molecule has 0 bridgehead atoms. The predicted octanol–water partition coefficient (Wildman–Crippen LogP) is 2.52. The Morgan fingerprint density at radius 3 is 2.46 bits per heavy atom. The standard InChI is InChI=1S/C16H16ClN3O4/c1-22-12-8-14(24-3)13(23-2)7-10(12)9-19-20-16(21)11-5-4-6-18-15(11)17/h4-9H,1-3H3,(H,20,21). The smallest absolute Gasteiger partial charge is 0.274 e. The molecule has 24 heavy (non-hydrogen) atoms. The van der Waals surface area contributed by atoms with Crippen LogP contribution < -0.4 is 19.6 Å². The third kappa shape index (κ3) is 3.94. The van der Waals surface area contributed by atoms with Gasteiger partial charge in [-0.2, -0.15) is 5.10 Å². The summed E-state index contributed by atoms with van der Waals surface area (Å²) >= 11 is 5.86. The van der Waals surface area contributed by atoms with Crippen molar-refractivity contribution in [3.8, 4) is 17.2 Å². The fourth-order valence-corrected chi connectivity index (χ4v) is 2.13. The summed E-state index contributed by atoms with van der Waals surface area (Å²) < 4.78 is 15.7.